The Hall–Kier alpha value is -7.96. The van der Waals surface area contributed by atoms with Crippen molar-refractivity contribution in [3.05, 3.63) is 200 Å². The highest BCUT2D eigenvalue weighted by Crippen LogP contribution is 2.39. The lowest BCUT2D eigenvalue weighted by molar-refractivity contribution is 0.620. The predicted molar refractivity (Wildman–Crippen MR) is 236 cm³/mol. The van der Waals surface area contributed by atoms with Crippen molar-refractivity contribution in [3.8, 4) is 45.0 Å². The van der Waals surface area contributed by atoms with E-state index in [0.29, 0.717) is 5.89 Å². The minimum atomic E-state index is 0.591. The maximum atomic E-state index is 6.11. The van der Waals surface area contributed by atoms with Crippen molar-refractivity contribution in [1.82, 2.24) is 19.9 Å². The van der Waals surface area contributed by atoms with Crippen LogP contribution >= 0.6 is 0 Å². The van der Waals surface area contributed by atoms with Gasteiger partial charge in [0, 0.05) is 57.1 Å². The number of hydrogen-bond acceptors (Lipinski definition) is 6. The molecule has 0 fully saturated rings. The van der Waals surface area contributed by atoms with Gasteiger partial charge in [-0.05, 0) is 113 Å². The average Bonchev–Trinajstić information content (AvgIpc) is 3.74. The Morgan fingerprint density at radius 3 is 1.90 bits per heavy atom. The molecule has 0 aliphatic carbocycles. The molecule has 0 saturated heterocycles. The number of hydrogen-bond donors (Lipinski definition) is 0. The Morgan fingerprint density at radius 1 is 0.397 bits per heavy atom. The lowest BCUT2D eigenvalue weighted by Crippen LogP contribution is -2.10. The first-order valence-corrected chi connectivity index (χ1v) is 19.3. The predicted octanol–water partition coefficient (Wildman–Crippen LogP) is 13.6. The van der Waals surface area contributed by atoms with Crippen molar-refractivity contribution < 1.29 is 4.42 Å². The maximum Gasteiger partial charge on any atom is 0.227 e. The van der Waals surface area contributed by atoms with Crippen molar-refractivity contribution >= 4 is 60.9 Å². The highest BCUT2D eigenvalue weighted by molar-refractivity contribution is 5.95. The molecule has 0 aliphatic rings. The summed E-state index contributed by atoms with van der Waals surface area (Å²) >= 11 is 0. The molecule has 0 amide bonds. The third-order valence-electron chi connectivity index (χ3n) is 10.7. The van der Waals surface area contributed by atoms with Crippen molar-refractivity contribution in [1.29, 1.82) is 0 Å². The first-order valence-electron chi connectivity index (χ1n) is 19.3. The molecule has 0 atom stereocenters. The third kappa shape index (κ3) is 6.10. The highest BCUT2D eigenvalue weighted by Gasteiger charge is 2.17. The summed E-state index contributed by atoms with van der Waals surface area (Å²) in [5, 5.41) is 3.51. The Labute approximate surface area is 334 Å². The van der Waals surface area contributed by atoms with Crippen LogP contribution in [-0.4, -0.2) is 19.9 Å². The van der Waals surface area contributed by atoms with Crippen LogP contribution in [0.4, 0.5) is 17.1 Å². The minimum absolute atomic E-state index is 0.591. The zero-order chi connectivity index (χ0) is 38.4. The molecule has 11 aromatic rings. The lowest BCUT2D eigenvalue weighted by Gasteiger charge is -2.26. The molecule has 6 nitrogen and oxygen atoms in total. The average molecular weight is 744 g/mol. The van der Waals surface area contributed by atoms with Crippen LogP contribution in [-0.2, 0) is 0 Å². The molecule has 6 heteroatoms. The number of pyridine rings is 3. The van der Waals surface area contributed by atoms with E-state index >= 15 is 0 Å². The quantitative estimate of drug-likeness (QED) is 0.162. The summed E-state index contributed by atoms with van der Waals surface area (Å²) in [7, 11) is 0. The van der Waals surface area contributed by atoms with Gasteiger partial charge in [-0.25, -0.2) is 9.97 Å². The van der Waals surface area contributed by atoms with Crippen molar-refractivity contribution in [2.45, 2.75) is 0 Å². The molecule has 0 bridgehead atoms. The Kier molecular flexibility index (Phi) is 8.04. The van der Waals surface area contributed by atoms with Gasteiger partial charge in [0.2, 0.25) is 5.89 Å². The number of rotatable bonds is 7. The van der Waals surface area contributed by atoms with Gasteiger partial charge in [-0.3, -0.25) is 9.97 Å². The molecule has 4 heterocycles. The number of benzene rings is 7. The molecule has 0 N–H and O–H groups in total. The number of fused-ring (bicyclic) bond motifs is 4. The number of anilines is 3. The maximum absolute atomic E-state index is 6.11. The van der Waals surface area contributed by atoms with Crippen LogP contribution in [0.1, 0.15) is 0 Å². The summed E-state index contributed by atoms with van der Waals surface area (Å²) in [4.78, 5) is 21.7. The minimum Gasteiger partial charge on any atom is -0.436 e. The van der Waals surface area contributed by atoms with E-state index in [2.05, 4.69) is 150 Å². The molecule has 0 spiro atoms. The summed E-state index contributed by atoms with van der Waals surface area (Å²) in [6.07, 6.45) is 3.80. The fourth-order valence-corrected chi connectivity index (χ4v) is 7.80. The Balaban J connectivity index is 0.988. The summed E-state index contributed by atoms with van der Waals surface area (Å²) in [5.41, 5.74) is 14.4. The first kappa shape index (κ1) is 33.4. The Morgan fingerprint density at radius 2 is 1.07 bits per heavy atom. The summed E-state index contributed by atoms with van der Waals surface area (Å²) in [5.74, 6) is 0.591. The molecule has 58 heavy (non-hydrogen) atoms. The topological polar surface area (TPSA) is 67.9 Å². The van der Waals surface area contributed by atoms with E-state index in [9.17, 15) is 0 Å². The summed E-state index contributed by atoms with van der Waals surface area (Å²) in [6, 6.07) is 65.0. The highest BCUT2D eigenvalue weighted by atomic mass is 16.3. The van der Waals surface area contributed by atoms with Gasteiger partial charge >= 0.3 is 0 Å². The van der Waals surface area contributed by atoms with Crippen LogP contribution in [0.3, 0.4) is 0 Å². The van der Waals surface area contributed by atoms with Gasteiger partial charge in [-0.15, -0.1) is 0 Å². The third-order valence-corrected chi connectivity index (χ3v) is 10.7. The van der Waals surface area contributed by atoms with E-state index in [1.54, 1.807) is 0 Å². The van der Waals surface area contributed by atoms with E-state index < -0.39 is 0 Å². The lowest BCUT2D eigenvalue weighted by atomic mass is 10.0. The zero-order valence-corrected chi connectivity index (χ0v) is 31.2. The van der Waals surface area contributed by atoms with Crippen LogP contribution in [0.25, 0.3) is 88.8 Å². The summed E-state index contributed by atoms with van der Waals surface area (Å²) in [6.45, 7) is 0. The largest absolute Gasteiger partial charge is 0.436 e. The second kappa shape index (κ2) is 14.0. The molecule has 272 valence electrons. The van der Waals surface area contributed by atoms with Gasteiger partial charge in [0.15, 0.2) is 5.58 Å². The van der Waals surface area contributed by atoms with Gasteiger partial charge in [0.25, 0.3) is 0 Å². The van der Waals surface area contributed by atoms with E-state index in [1.165, 1.54) is 10.8 Å². The normalized spacial score (nSPS) is 11.4. The molecule has 0 aliphatic heterocycles. The molecule has 4 aromatic heterocycles. The first-order chi connectivity index (χ1) is 28.7. The molecular weight excluding hydrogens is 711 g/mol. The van der Waals surface area contributed by atoms with Crippen LogP contribution in [0.5, 0.6) is 0 Å². The smallest absolute Gasteiger partial charge is 0.227 e. The van der Waals surface area contributed by atoms with Gasteiger partial charge in [0.05, 0.1) is 22.2 Å². The molecule has 0 saturated carbocycles. The molecule has 7 aromatic carbocycles. The van der Waals surface area contributed by atoms with Gasteiger partial charge in [-0.1, -0.05) is 97.1 Å². The number of nitrogens with zero attached hydrogens (tertiary/aromatic N) is 5. The molecule has 0 unspecified atom stereocenters. The fraction of sp³-hybridized carbons (Fsp3) is 0. The van der Waals surface area contributed by atoms with Crippen molar-refractivity contribution in [3.63, 3.8) is 0 Å². The summed E-state index contributed by atoms with van der Waals surface area (Å²) < 4.78 is 6.11. The Bertz CT molecular complexity index is 3250. The molecule has 11 rings (SSSR count). The standard InChI is InChI=1S/C52H33N5O/c1-2-10-35(11-3-1)45-32-49(55-47-14-8-28-53-51(45)47)36-18-23-42(24-19-36)57(43-25-20-37(21-26-43)52-56-46-13-6-7-15-50(46)58-52)44-27-22-40-30-41(33-54-48(40)31-44)39-17-16-34-9-4-5-12-38(34)29-39/h1-33H. The van der Waals surface area contributed by atoms with Crippen molar-refractivity contribution in [2.75, 3.05) is 4.90 Å². The fourth-order valence-electron chi connectivity index (χ4n) is 7.80. The van der Waals surface area contributed by atoms with Crippen LogP contribution in [0.2, 0.25) is 0 Å². The van der Waals surface area contributed by atoms with E-state index in [-0.39, 0.29) is 0 Å². The van der Waals surface area contributed by atoms with Gasteiger partial charge < -0.3 is 9.32 Å². The molecular formula is C52H33N5O. The van der Waals surface area contributed by atoms with Gasteiger partial charge in [-0.2, -0.15) is 0 Å². The van der Waals surface area contributed by atoms with Crippen molar-refractivity contribution in [2.24, 2.45) is 0 Å². The number of aromatic nitrogens is 4. The monoisotopic (exact) mass is 743 g/mol. The second-order valence-corrected chi connectivity index (χ2v) is 14.4. The van der Waals surface area contributed by atoms with Crippen LogP contribution < -0.4 is 4.90 Å². The van der Waals surface area contributed by atoms with E-state index in [1.807, 2.05) is 54.9 Å². The van der Waals surface area contributed by atoms with Gasteiger partial charge in [0.1, 0.15) is 5.52 Å². The van der Waals surface area contributed by atoms with E-state index in [4.69, 9.17) is 24.4 Å². The van der Waals surface area contributed by atoms with Crippen LogP contribution in [0, 0.1) is 0 Å². The zero-order valence-electron chi connectivity index (χ0n) is 31.2. The number of oxazole rings is 1. The second-order valence-electron chi connectivity index (χ2n) is 14.4. The number of para-hydroxylation sites is 2. The SMILES string of the molecule is c1ccc(-c2cc(-c3ccc(N(c4ccc(-c5nc6ccccc6o5)cc4)c4ccc5cc(-c6ccc7ccccc7c6)cnc5c4)cc3)nc3cccnc23)cc1. The van der Waals surface area contributed by atoms with E-state index in [0.717, 1.165) is 89.2 Å². The molecule has 0 radical (unpaired) electrons. The van der Waals surface area contributed by atoms with Crippen LogP contribution in [0.15, 0.2) is 205 Å².